The Kier molecular flexibility index (Phi) is 5.17. The molecule has 40 heavy (non-hydrogen) atoms. The molecule has 0 fully saturated rings. The molecule has 0 unspecified atom stereocenters. The first kappa shape index (κ1) is 22.6. The third-order valence-corrected chi connectivity index (χ3v) is 7.93. The van der Waals surface area contributed by atoms with Crippen LogP contribution in [0.2, 0.25) is 0 Å². The van der Waals surface area contributed by atoms with Crippen molar-refractivity contribution in [3.8, 4) is 5.69 Å². The summed E-state index contributed by atoms with van der Waals surface area (Å²) in [6.45, 7) is 0. The fourth-order valence-electron chi connectivity index (χ4n) is 6.03. The van der Waals surface area contributed by atoms with Gasteiger partial charge in [0.05, 0.1) is 11.0 Å². The van der Waals surface area contributed by atoms with Gasteiger partial charge < -0.3 is 9.47 Å². The SMILES string of the molecule is c1ccc2cc(N(c3ccc(-n4c5ccccc5c5ccccc54)cc3)c3ccc4ccccc4c3)ccc2c1. The summed E-state index contributed by atoms with van der Waals surface area (Å²) >= 11 is 0. The summed E-state index contributed by atoms with van der Waals surface area (Å²) in [5.74, 6) is 0. The van der Waals surface area contributed by atoms with E-state index in [4.69, 9.17) is 0 Å². The van der Waals surface area contributed by atoms with Crippen LogP contribution in [0.15, 0.2) is 158 Å². The van der Waals surface area contributed by atoms with Crippen LogP contribution in [0.3, 0.4) is 0 Å². The van der Waals surface area contributed by atoms with Gasteiger partial charge in [-0.25, -0.2) is 0 Å². The van der Waals surface area contributed by atoms with Gasteiger partial charge in [0.15, 0.2) is 0 Å². The molecular formula is C38H26N2. The molecule has 0 atom stereocenters. The molecule has 7 aromatic carbocycles. The largest absolute Gasteiger partial charge is 0.310 e. The van der Waals surface area contributed by atoms with Crippen LogP contribution in [0.4, 0.5) is 17.1 Å². The molecule has 0 aliphatic rings. The molecule has 0 amide bonds. The second kappa shape index (κ2) is 9.14. The van der Waals surface area contributed by atoms with E-state index in [9.17, 15) is 0 Å². The molecule has 0 saturated carbocycles. The Morgan fingerprint density at radius 2 is 0.775 bits per heavy atom. The lowest BCUT2D eigenvalue weighted by Crippen LogP contribution is -2.10. The summed E-state index contributed by atoms with van der Waals surface area (Å²) in [5, 5.41) is 7.49. The number of hydrogen-bond acceptors (Lipinski definition) is 1. The van der Waals surface area contributed by atoms with Gasteiger partial charge in [-0.15, -0.1) is 0 Å². The first-order valence-corrected chi connectivity index (χ1v) is 13.7. The maximum Gasteiger partial charge on any atom is 0.0541 e. The lowest BCUT2D eigenvalue weighted by molar-refractivity contribution is 1.17. The normalized spacial score (nSPS) is 11.5. The summed E-state index contributed by atoms with van der Waals surface area (Å²) in [6, 6.07) is 56.8. The zero-order chi connectivity index (χ0) is 26.5. The number of nitrogens with zero attached hydrogens (tertiary/aromatic N) is 2. The quantitative estimate of drug-likeness (QED) is 0.229. The second-order valence-electron chi connectivity index (χ2n) is 10.3. The van der Waals surface area contributed by atoms with E-state index >= 15 is 0 Å². The number of fused-ring (bicyclic) bond motifs is 5. The Labute approximate surface area is 233 Å². The minimum atomic E-state index is 1.12. The zero-order valence-corrected chi connectivity index (χ0v) is 21.9. The molecule has 188 valence electrons. The minimum absolute atomic E-state index is 1.12. The first-order valence-electron chi connectivity index (χ1n) is 13.7. The predicted octanol–water partition coefficient (Wildman–Crippen LogP) is 10.6. The van der Waals surface area contributed by atoms with Gasteiger partial charge in [0.1, 0.15) is 0 Å². The van der Waals surface area contributed by atoms with E-state index in [2.05, 4.69) is 167 Å². The van der Waals surface area contributed by atoms with Gasteiger partial charge in [-0.3, -0.25) is 0 Å². The van der Waals surface area contributed by atoms with Crippen LogP contribution < -0.4 is 4.90 Å². The molecule has 1 heterocycles. The number of para-hydroxylation sites is 2. The maximum atomic E-state index is 2.37. The topological polar surface area (TPSA) is 8.17 Å². The van der Waals surface area contributed by atoms with Gasteiger partial charge in [0.2, 0.25) is 0 Å². The Morgan fingerprint density at radius 1 is 0.350 bits per heavy atom. The molecule has 8 rings (SSSR count). The fraction of sp³-hybridized carbons (Fsp3) is 0. The standard InChI is InChI=1S/C38H26N2/c1-3-11-29-25-33(19-17-27(29)9-1)39(34-20-18-28-10-2-4-12-30(28)26-34)31-21-23-32(24-22-31)40-37-15-7-5-13-35(37)36-14-6-8-16-38(36)40/h1-26H. The van der Waals surface area contributed by atoms with Crippen molar-refractivity contribution in [3.63, 3.8) is 0 Å². The Morgan fingerprint density at radius 3 is 1.30 bits per heavy atom. The Balaban J connectivity index is 1.30. The highest BCUT2D eigenvalue weighted by atomic mass is 15.1. The highest BCUT2D eigenvalue weighted by Crippen LogP contribution is 2.39. The molecule has 8 aromatic rings. The van der Waals surface area contributed by atoms with E-state index in [-0.39, 0.29) is 0 Å². The van der Waals surface area contributed by atoms with Crippen molar-refractivity contribution in [2.45, 2.75) is 0 Å². The second-order valence-corrected chi connectivity index (χ2v) is 10.3. The van der Waals surface area contributed by atoms with Crippen molar-refractivity contribution in [2.24, 2.45) is 0 Å². The zero-order valence-electron chi connectivity index (χ0n) is 21.9. The molecule has 0 bridgehead atoms. The molecule has 0 aliphatic carbocycles. The summed E-state index contributed by atoms with van der Waals surface area (Å²) in [7, 11) is 0. The van der Waals surface area contributed by atoms with Crippen LogP contribution in [0, 0.1) is 0 Å². The van der Waals surface area contributed by atoms with Gasteiger partial charge in [0, 0.05) is 33.5 Å². The molecule has 0 spiro atoms. The van der Waals surface area contributed by atoms with E-state index in [0.29, 0.717) is 0 Å². The highest BCUT2D eigenvalue weighted by molar-refractivity contribution is 6.09. The Bertz CT molecular complexity index is 2040. The van der Waals surface area contributed by atoms with Gasteiger partial charge in [0.25, 0.3) is 0 Å². The summed E-state index contributed by atoms with van der Waals surface area (Å²) in [5.41, 5.74) is 6.99. The molecule has 0 N–H and O–H groups in total. The maximum absolute atomic E-state index is 2.37. The van der Waals surface area contributed by atoms with Gasteiger partial charge in [-0.05, 0) is 82.2 Å². The van der Waals surface area contributed by atoms with Gasteiger partial charge >= 0.3 is 0 Å². The Hall–Kier alpha value is -5.34. The lowest BCUT2D eigenvalue weighted by atomic mass is 10.1. The molecule has 2 nitrogen and oxygen atoms in total. The fourth-order valence-corrected chi connectivity index (χ4v) is 6.03. The molecule has 0 aliphatic heterocycles. The predicted molar refractivity (Wildman–Crippen MR) is 170 cm³/mol. The van der Waals surface area contributed by atoms with Crippen LogP contribution >= 0.6 is 0 Å². The van der Waals surface area contributed by atoms with Crippen molar-refractivity contribution in [3.05, 3.63) is 158 Å². The highest BCUT2D eigenvalue weighted by Gasteiger charge is 2.16. The molecule has 1 aromatic heterocycles. The average Bonchev–Trinajstić information content (AvgIpc) is 3.36. The lowest BCUT2D eigenvalue weighted by Gasteiger charge is -2.26. The number of anilines is 3. The molecular weight excluding hydrogens is 484 g/mol. The molecule has 2 heteroatoms. The van der Waals surface area contributed by atoms with Crippen LogP contribution in [0.1, 0.15) is 0 Å². The van der Waals surface area contributed by atoms with E-state index < -0.39 is 0 Å². The minimum Gasteiger partial charge on any atom is -0.310 e. The third-order valence-electron chi connectivity index (χ3n) is 7.93. The van der Waals surface area contributed by atoms with Crippen LogP contribution in [0.5, 0.6) is 0 Å². The van der Waals surface area contributed by atoms with Gasteiger partial charge in [-0.1, -0.05) is 97.1 Å². The van der Waals surface area contributed by atoms with Crippen LogP contribution in [-0.4, -0.2) is 4.57 Å². The van der Waals surface area contributed by atoms with Crippen LogP contribution in [0.25, 0.3) is 49.0 Å². The summed E-state index contributed by atoms with van der Waals surface area (Å²) in [4.78, 5) is 2.36. The monoisotopic (exact) mass is 510 g/mol. The van der Waals surface area contributed by atoms with Crippen molar-refractivity contribution < 1.29 is 0 Å². The number of benzene rings is 7. The van der Waals surface area contributed by atoms with Crippen molar-refractivity contribution in [1.29, 1.82) is 0 Å². The molecule has 0 saturated heterocycles. The number of hydrogen-bond donors (Lipinski definition) is 0. The molecule has 0 radical (unpaired) electrons. The first-order chi connectivity index (χ1) is 19.8. The van der Waals surface area contributed by atoms with Gasteiger partial charge in [-0.2, -0.15) is 0 Å². The van der Waals surface area contributed by atoms with Crippen LogP contribution in [-0.2, 0) is 0 Å². The smallest absolute Gasteiger partial charge is 0.0541 e. The van der Waals surface area contributed by atoms with E-state index in [0.717, 1.165) is 22.7 Å². The van der Waals surface area contributed by atoms with Crippen molar-refractivity contribution in [2.75, 3.05) is 4.90 Å². The number of rotatable bonds is 4. The van der Waals surface area contributed by atoms with Crippen molar-refractivity contribution >= 4 is 60.4 Å². The van der Waals surface area contributed by atoms with E-state index in [1.807, 2.05) is 0 Å². The third kappa shape index (κ3) is 3.65. The van der Waals surface area contributed by atoms with E-state index in [1.165, 1.54) is 43.4 Å². The summed E-state index contributed by atoms with van der Waals surface area (Å²) < 4.78 is 2.37. The van der Waals surface area contributed by atoms with E-state index in [1.54, 1.807) is 0 Å². The average molecular weight is 511 g/mol. The number of aromatic nitrogens is 1. The summed E-state index contributed by atoms with van der Waals surface area (Å²) in [6.07, 6.45) is 0. The van der Waals surface area contributed by atoms with Crippen molar-refractivity contribution in [1.82, 2.24) is 4.57 Å².